The first kappa shape index (κ1) is 12.8. The lowest BCUT2D eigenvalue weighted by molar-refractivity contribution is 0.0172. The summed E-state index contributed by atoms with van der Waals surface area (Å²) >= 11 is 0. The van der Waals surface area contributed by atoms with Gasteiger partial charge in [0, 0.05) is 0 Å². The molecule has 0 aliphatic heterocycles. The third-order valence-corrected chi connectivity index (χ3v) is 3.07. The van der Waals surface area contributed by atoms with E-state index in [2.05, 4.69) is 0 Å². The van der Waals surface area contributed by atoms with Crippen molar-refractivity contribution in [2.24, 2.45) is 0 Å². The number of hydrogen-bond donors (Lipinski definition) is 2. The Kier molecular flexibility index (Phi) is 3.80. The van der Waals surface area contributed by atoms with Gasteiger partial charge in [0.05, 0.1) is 0 Å². The molecule has 0 amide bonds. The average Bonchev–Trinajstić information content (AvgIpc) is 2.37. The molecule has 2 unspecified atom stereocenters. The van der Waals surface area contributed by atoms with Gasteiger partial charge in [0.1, 0.15) is 12.2 Å². The lowest BCUT2D eigenvalue weighted by Gasteiger charge is -2.19. The first-order valence-corrected chi connectivity index (χ1v) is 6.07. The fraction of sp³-hybridized carbons (Fsp3) is 0.250. The highest BCUT2D eigenvalue weighted by atomic mass is 16.3. The van der Waals surface area contributed by atoms with E-state index in [0.29, 0.717) is 0 Å². The standard InChI is InChI=1S/C16H18O2/c1-11-5-3-7-13(9-11)15(17)16(18)14-8-4-6-12(2)10-14/h3-10,15-18H,1-2H3. The normalized spacial score (nSPS) is 14.2. The number of hydrogen-bond acceptors (Lipinski definition) is 2. The van der Waals surface area contributed by atoms with Gasteiger partial charge in [0.25, 0.3) is 0 Å². The predicted molar refractivity (Wildman–Crippen MR) is 72.3 cm³/mol. The molecule has 0 bridgehead atoms. The van der Waals surface area contributed by atoms with Crippen LogP contribution >= 0.6 is 0 Å². The van der Waals surface area contributed by atoms with Crippen LogP contribution in [0.4, 0.5) is 0 Å². The Morgan fingerprint density at radius 3 is 1.44 bits per heavy atom. The zero-order valence-corrected chi connectivity index (χ0v) is 10.7. The van der Waals surface area contributed by atoms with Crippen LogP contribution in [0.15, 0.2) is 48.5 Å². The Balaban J connectivity index is 2.26. The van der Waals surface area contributed by atoms with Crippen LogP contribution in [0.1, 0.15) is 34.5 Å². The molecule has 0 saturated carbocycles. The Morgan fingerprint density at radius 1 is 0.722 bits per heavy atom. The lowest BCUT2D eigenvalue weighted by Crippen LogP contribution is -2.10. The van der Waals surface area contributed by atoms with Gasteiger partial charge in [0.2, 0.25) is 0 Å². The monoisotopic (exact) mass is 242 g/mol. The maximum absolute atomic E-state index is 10.2. The number of aliphatic hydroxyl groups is 2. The highest BCUT2D eigenvalue weighted by Crippen LogP contribution is 2.29. The second kappa shape index (κ2) is 5.34. The maximum atomic E-state index is 10.2. The van der Waals surface area contributed by atoms with Crippen molar-refractivity contribution in [2.75, 3.05) is 0 Å². The molecule has 0 heterocycles. The van der Waals surface area contributed by atoms with Gasteiger partial charge < -0.3 is 10.2 Å². The van der Waals surface area contributed by atoms with Crippen LogP contribution in [0.25, 0.3) is 0 Å². The Bertz CT molecular complexity index is 485. The minimum Gasteiger partial charge on any atom is -0.385 e. The second-order valence-electron chi connectivity index (χ2n) is 4.72. The number of aliphatic hydroxyl groups excluding tert-OH is 2. The first-order chi connectivity index (χ1) is 8.58. The topological polar surface area (TPSA) is 40.5 Å². The largest absolute Gasteiger partial charge is 0.385 e. The highest BCUT2D eigenvalue weighted by molar-refractivity contribution is 5.29. The van der Waals surface area contributed by atoms with Crippen LogP contribution in [0.5, 0.6) is 0 Å². The SMILES string of the molecule is Cc1cccc(C(O)C(O)c2cccc(C)c2)c1. The summed E-state index contributed by atoms with van der Waals surface area (Å²) in [6.45, 7) is 3.94. The lowest BCUT2D eigenvalue weighted by atomic mass is 9.96. The van der Waals surface area contributed by atoms with E-state index in [0.717, 1.165) is 22.3 Å². The van der Waals surface area contributed by atoms with Crippen molar-refractivity contribution in [1.29, 1.82) is 0 Å². The first-order valence-electron chi connectivity index (χ1n) is 6.07. The Morgan fingerprint density at radius 2 is 1.11 bits per heavy atom. The van der Waals surface area contributed by atoms with Crippen molar-refractivity contribution in [3.05, 3.63) is 70.8 Å². The van der Waals surface area contributed by atoms with Gasteiger partial charge in [-0.1, -0.05) is 59.7 Å². The van der Waals surface area contributed by atoms with Crippen molar-refractivity contribution >= 4 is 0 Å². The van der Waals surface area contributed by atoms with Crippen molar-refractivity contribution < 1.29 is 10.2 Å². The summed E-state index contributed by atoms with van der Waals surface area (Å²) in [4.78, 5) is 0. The zero-order valence-electron chi connectivity index (χ0n) is 10.7. The molecule has 2 nitrogen and oxygen atoms in total. The van der Waals surface area contributed by atoms with Crippen molar-refractivity contribution in [2.45, 2.75) is 26.1 Å². The molecule has 0 aromatic heterocycles. The van der Waals surface area contributed by atoms with Crippen molar-refractivity contribution in [3.8, 4) is 0 Å². The Labute approximate surface area is 108 Å². The molecular weight excluding hydrogens is 224 g/mol. The van der Waals surface area contributed by atoms with Crippen LogP contribution in [-0.2, 0) is 0 Å². The van der Waals surface area contributed by atoms with Crippen LogP contribution in [0.3, 0.4) is 0 Å². The summed E-state index contributed by atoms with van der Waals surface area (Å²) in [5.41, 5.74) is 3.62. The number of rotatable bonds is 3. The van der Waals surface area contributed by atoms with Crippen LogP contribution in [0.2, 0.25) is 0 Å². The van der Waals surface area contributed by atoms with E-state index in [9.17, 15) is 10.2 Å². The van der Waals surface area contributed by atoms with Crippen LogP contribution < -0.4 is 0 Å². The van der Waals surface area contributed by atoms with Gasteiger partial charge in [-0.2, -0.15) is 0 Å². The molecular formula is C16H18O2. The summed E-state index contributed by atoms with van der Waals surface area (Å²) in [7, 11) is 0. The summed E-state index contributed by atoms with van der Waals surface area (Å²) < 4.78 is 0. The summed E-state index contributed by atoms with van der Waals surface area (Å²) in [5, 5.41) is 20.4. The van der Waals surface area contributed by atoms with E-state index < -0.39 is 12.2 Å². The maximum Gasteiger partial charge on any atom is 0.109 e. The summed E-state index contributed by atoms with van der Waals surface area (Å²) in [6, 6.07) is 15.2. The van der Waals surface area contributed by atoms with Crippen molar-refractivity contribution in [1.82, 2.24) is 0 Å². The van der Waals surface area contributed by atoms with E-state index in [4.69, 9.17) is 0 Å². The smallest absolute Gasteiger partial charge is 0.109 e. The van der Waals surface area contributed by atoms with Gasteiger partial charge in [-0.3, -0.25) is 0 Å². The molecule has 0 aliphatic carbocycles. The van der Waals surface area contributed by atoms with Gasteiger partial charge in [-0.25, -0.2) is 0 Å². The minimum absolute atomic E-state index is 0.740. The highest BCUT2D eigenvalue weighted by Gasteiger charge is 2.20. The Hall–Kier alpha value is -1.64. The summed E-state index contributed by atoms with van der Waals surface area (Å²) in [5.74, 6) is 0. The molecule has 2 aromatic rings. The fourth-order valence-electron chi connectivity index (χ4n) is 2.07. The average molecular weight is 242 g/mol. The van der Waals surface area contributed by atoms with E-state index in [1.165, 1.54) is 0 Å². The molecule has 2 heteroatoms. The number of aryl methyl sites for hydroxylation is 2. The molecule has 0 fully saturated rings. The van der Waals surface area contributed by atoms with Crippen molar-refractivity contribution in [3.63, 3.8) is 0 Å². The summed E-state index contributed by atoms with van der Waals surface area (Å²) in [6.07, 6.45) is -1.79. The van der Waals surface area contributed by atoms with E-state index >= 15 is 0 Å². The fourth-order valence-corrected chi connectivity index (χ4v) is 2.07. The molecule has 2 atom stereocenters. The second-order valence-corrected chi connectivity index (χ2v) is 4.72. The minimum atomic E-state index is -0.897. The van der Waals surface area contributed by atoms with Gasteiger partial charge in [-0.05, 0) is 25.0 Å². The molecule has 2 rings (SSSR count). The number of benzene rings is 2. The molecule has 2 aromatic carbocycles. The third kappa shape index (κ3) is 2.78. The quantitative estimate of drug-likeness (QED) is 0.868. The van der Waals surface area contributed by atoms with Gasteiger partial charge in [0.15, 0.2) is 0 Å². The molecule has 0 spiro atoms. The van der Waals surface area contributed by atoms with Gasteiger partial charge in [-0.15, -0.1) is 0 Å². The molecule has 0 saturated heterocycles. The molecule has 0 radical (unpaired) electrons. The van der Waals surface area contributed by atoms with Crippen LogP contribution in [0, 0.1) is 13.8 Å². The zero-order chi connectivity index (χ0) is 13.1. The molecule has 94 valence electrons. The predicted octanol–water partition coefficient (Wildman–Crippen LogP) is 3.07. The molecule has 0 aliphatic rings. The van der Waals surface area contributed by atoms with E-state index in [-0.39, 0.29) is 0 Å². The van der Waals surface area contributed by atoms with E-state index in [1.54, 1.807) is 0 Å². The third-order valence-electron chi connectivity index (χ3n) is 3.07. The molecule has 18 heavy (non-hydrogen) atoms. The van der Waals surface area contributed by atoms with E-state index in [1.807, 2.05) is 62.4 Å². The molecule has 2 N–H and O–H groups in total. The van der Waals surface area contributed by atoms with Gasteiger partial charge >= 0.3 is 0 Å². The van der Waals surface area contributed by atoms with Crippen LogP contribution in [-0.4, -0.2) is 10.2 Å².